The second-order valence-electron chi connectivity index (χ2n) is 4.65. The van der Waals surface area contributed by atoms with Gasteiger partial charge in [0.25, 0.3) is 5.91 Å². The largest absolute Gasteiger partial charge is 0.452 e. The van der Waals surface area contributed by atoms with E-state index >= 15 is 0 Å². The Morgan fingerprint density at radius 2 is 2.17 bits per heavy atom. The van der Waals surface area contributed by atoms with Crippen LogP contribution in [0, 0.1) is 0 Å². The van der Waals surface area contributed by atoms with E-state index in [1.54, 1.807) is 19.3 Å². The molecule has 0 aliphatic carbocycles. The Morgan fingerprint density at radius 3 is 2.87 bits per heavy atom. The average Bonchev–Trinajstić information content (AvgIpc) is 3.06. The van der Waals surface area contributed by atoms with Crippen LogP contribution in [0.2, 0.25) is 0 Å². The van der Waals surface area contributed by atoms with E-state index in [1.807, 2.05) is 29.6 Å². The number of esters is 1. The highest BCUT2D eigenvalue weighted by atomic mass is 79.9. The number of halogens is 1. The predicted octanol–water partition coefficient (Wildman–Crippen LogP) is 3.12. The summed E-state index contributed by atoms with van der Waals surface area (Å²) in [5.74, 6) is -0.834. The van der Waals surface area contributed by atoms with E-state index in [9.17, 15) is 9.59 Å². The first-order chi connectivity index (χ1) is 11.1. The van der Waals surface area contributed by atoms with E-state index in [1.165, 1.54) is 22.3 Å². The van der Waals surface area contributed by atoms with Crippen molar-refractivity contribution in [2.45, 2.75) is 6.54 Å². The molecular formula is C16H15BrN2O3S. The Kier molecular flexibility index (Phi) is 6.49. The average molecular weight is 395 g/mol. The molecule has 0 aliphatic rings. The van der Waals surface area contributed by atoms with E-state index in [4.69, 9.17) is 4.74 Å². The molecule has 23 heavy (non-hydrogen) atoms. The standard InChI is InChI=1S/C16H15BrN2O3S/c1-19(10-12-4-2-3-5-13(12)17)15(20)11-22-16(21)7-6-14-18-8-9-23-14/h2-9H,10-11H2,1H3. The van der Waals surface area contributed by atoms with Crippen LogP contribution in [0.15, 0.2) is 46.4 Å². The third-order valence-corrected chi connectivity index (χ3v) is 4.46. The maximum absolute atomic E-state index is 12.0. The maximum atomic E-state index is 12.0. The van der Waals surface area contributed by atoms with Crippen molar-refractivity contribution < 1.29 is 14.3 Å². The van der Waals surface area contributed by atoms with Crippen LogP contribution in [-0.4, -0.2) is 35.4 Å². The second-order valence-corrected chi connectivity index (χ2v) is 6.43. The molecular weight excluding hydrogens is 380 g/mol. The number of likely N-dealkylation sites (N-methyl/N-ethyl adjacent to an activating group) is 1. The predicted molar refractivity (Wildman–Crippen MR) is 92.7 cm³/mol. The fraction of sp³-hybridized carbons (Fsp3) is 0.188. The third kappa shape index (κ3) is 5.61. The van der Waals surface area contributed by atoms with Gasteiger partial charge in [-0.3, -0.25) is 4.79 Å². The van der Waals surface area contributed by atoms with Crippen LogP contribution in [0.1, 0.15) is 10.6 Å². The van der Waals surface area contributed by atoms with Gasteiger partial charge in [-0.25, -0.2) is 9.78 Å². The summed E-state index contributed by atoms with van der Waals surface area (Å²) in [6, 6.07) is 7.65. The zero-order valence-corrected chi connectivity index (χ0v) is 14.8. The van der Waals surface area contributed by atoms with Crippen LogP contribution in [0.25, 0.3) is 6.08 Å². The maximum Gasteiger partial charge on any atom is 0.331 e. The summed E-state index contributed by atoms with van der Waals surface area (Å²) in [6.45, 7) is 0.148. The normalized spacial score (nSPS) is 10.7. The Balaban J connectivity index is 1.79. The minimum atomic E-state index is -0.567. The molecule has 1 heterocycles. The zero-order chi connectivity index (χ0) is 16.7. The minimum absolute atomic E-state index is 0.267. The van der Waals surface area contributed by atoms with Crippen molar-refractivity contribution in [2.24, 2.45) is 0 Å². The number of rotatable bonds is 6. The lowest BCUT2D eigenvalue weighted by Crippen LogP contribution is -2.30. The Hall–Kier alpha value is -1.99. The van der Waals surface area contributed by atoms with Gasteiger partial charge in [-0.2, -0.15) is 0 Å². The van der Waals surface area contributed by atoms with Gasteiger partial charge in [0.05, 0.1) is 0 Å². The van der Waals surface area contributed by atoms with Crippen molar-refractivity contribution in [3.05, 3.63) is 57.0 Å². The van der Waals surface area contributed by atoms with E-state index in [0.29, 0.717) is 11.6 Å². The minimum Gasteiger partial charge on any atom is -0.452 e. The van der Waals surface area contributed by atoms with Gasteiger partial charge >= 0.3 is 5.97 Å². The van der Waals surface area contributed by atoms with Gasteiger partial charge < -0.3 is 9.64 Å². The molecule has 1 aromatic carbocycles. The van der Waals surface area contributed by atoms with Crippen molar-refractivity contribution in [1.29, 1.82) is 0 Å². The molecule has 0 saturated heterocycles. The molecule has 120 valence electrons. The van der Waals surface area contributed by atoms with Crippen LogP contribution in [0.4, 0.5) is 0 Å². The fourth-order valence-corrected chi connectivity index (χ4v) is 2.66. The molecule has 0 radical (unpaired) electrons. The monoisotopic (exact) mass is 394 g/mol. The smallest absolute Gasteiger partial charge is 0.331 e. The van der Waals surface area contributed by atoms with Crippen LogP contribution in [0.5, 0.6) is 0 Å². The number of carbonyl (C=O) groups is 2. The van der Waals surface area contributed by atoms with E-state index in [-0.39, 0.29) is 12.5 Å². The number of hydrogen-bond donors (Lipinski definition) is 0. The first kappa shape index (κ1) is 17.4. The summed E-state index contributed by atoms with van der Waals surface area (Å²) < 4.78 is 5.87. The molecule has 0 aliphatic heterocycles. The number of amides is 1. The molecule has 1 aromatic heterocycles. The number of carbonyl (C=O) groups excluding carboxylic acids is 2. The highest BCUT2D eigenvalue weighted by molar-refractivity contribution is 9.10. The third-order valence-electron chi connectivity index (χ3n) is 2.94. The topological polar surface area (TPSA) is 59.5 Å². The van der Waals surface area contributed by atoms with Gasteiger partial charge in [-0.05, 0) is 17.7 Å². The van der Waals surface area contributed by atoms with Crippen molar-refractivity contribution in [2.75, 3.05) is 13.7 Å². The Morgan fingerprint density at radius 1 is 1.39 bits per heavy atom. The SMILES string of the molecule is CN(Cc1ccccc1Br)C(=O)COC(=O)C=Cc1nccs1. The van der Waals surface area contributed by atoms with Gasteiger partial charge in [0.2, 0.25) is 0 Å². The quantitative estimate of drug-likeness (QED) is 0.557. The van der Waals surface area contributed by atoms with Crippen molar-refractivity contribution >= 4 is 45.2 Å². The van der Waals surface area contributed by atoms with E-state index in [2.05, 4.69) is 20.9 Å². The number of nitrogens with zero attached hydrogens (tertiary/aromatic N) is 2. The second kappa shape index (κ2) is 8.59. The Labute approximate surface area is 146 Å². The molecule has 0 N–H and O–H groups in total. The molecule has 0 saturated carbocycles. The van der Waals surface area contributed by atoms with E-state index in [0.717, 1.165) is 10.0 Å². The van der Waals surface area contributed by atoms with Crippen molar-refractivity contribution in [3.63, 3.8) is 0 Å². The molecule has 0 spiro atoms. The van der Waals surface area contributed by atoms with Gasteiger partial charge in [0.15, 0.2) is 6.61 Å². The summed E-state index contributed by atoms with van der Waals surface area (Å²) in [6.07, 6.45) is 4.47. The lowest BCUT2D eigenvalue weighted by Gasteiger charge is -2.17. The van der Waals surface area contributed by atoms with Crippen molar-refractivity contribution in [3.8, 4) is 0 Å². The summed E-state index contributed by atoms with van der Waals surface area (Å²) >= 11 is 4.85. The highest BCUT2D eigenvalue weighted by Gasteiger charge is 2.12. The van der Waals surface area contributed by atoms with Gasteiger partial charge in [-0.15, -0.1) is 11.3 Å². The lowest BCUT2D eigenvalue weighted by molar-refractivity contribution is -0.147. The molecule has 0 fully saturated rings. The van der Waals surface area contributed by atoms with Gasteiger partial charge in [-0.1, -0.05) is 34.1 Å². The molecule has 5 nitrogen and oxygen atoms in total. The molecule has 0 atom stereocenters. The molecule has 2 rings (SSSR count). The first-order valence-electron chi connectivity index (χ1n) is 6.78. The van der Waals surface area contributed by atoms with Crippen molar-refractivity contribution in [1.82, 2.24) is 9.88 Å². The zero-order valence-electron chi connectivity index (χ0n) is 12.4. The summed E-state index contributed by atoms with van der Waals surface area (Å²) in [5.41, 5.74) is 0.985. The summed E-state index contributed by atoms with van der Waals surface area (Å²) in [5, 5.41) is 2.52. The Bertz CT molecular complexity index is 701. The van der Waals surface area contributed by atoms with Crippen LogP contribution in [-0.2, 0) is 20.9 Å². The summed E-state index contributed by atoms with van der Waals surface area (Å²) in [4.78, 5) is 29.1. The highest BCUT2D eigenvalue weighted by Crippen LogP contribution is 2.17. The first-order valence-corrected chi connectivity index (χ1v) is 8.45. The molecule has 0 unspecified atom stereocenters. The van der Waals surface area contributed by atoms with E-state index < -0.39 is 5.97 Å². The fourth-order valence-electron chi connectivity index (χ4n) is 1.72. The van der Waals surface area contributed by atoms with Crippen LogP contribution < -0.4 is 0 Å². The number of thiazole rings is 1. The summed E-state index contributed by atoms with van der Waals surface area (Å²) in [7, 11) is 1.67. The number of benzene rings is 1. The van der Waals surface area contributed by atoms with Crippen LogP contribution in [0.3, 0.4) is 0 Å². The molecule has 1 amide bonds. The number of hydrogen-bond acceptors (Lipinski definition) is 5. The van der Waals surface area contributed by atoms with Gasteiger partial charge in [0, 0.05) is 35.7 Å². The number of aromatic nitrogens is 1. The lowest BCUT2D eigenvalue weighted by atomic mass is 10.2. The molecule has 7 heteroatoms. The molecule has 2 aromatic rings. The number of ether oxygens (including phenoxy) is 1. The molecule has 0 bridgehead atoms. The van der Waals surface area contributed by atoms with Gasteiger partial charge in [0.1, 0.15) is 5.01 Å². The van der Waals surface area contributed by atoms with Crippen LogP contribution >= 0.6 is 27.3 Å².